The lowest BCUT2D eigenvalue weighted by Crippen LogP contribution is -2.30. The molecule has 0 saturated heterocycles. The second-order valence-electron chi connectivity index (χ2n) is 4.48. The van der Waals surface area contributed by atoms with Crippen LogP contribution in [0.25, 0.3) is 0 Å². The van der Waals surface area contributed by atoms with Gasteiger partial charge in [-0.2, -0.15) is 10.2 Å². The summed E-state index contributed by atoms with van der Waals surface area (Å²) in [5.74, 6) is 0.465. The van der Waals surface area contributed by atoms with Gasteiger partial charge >= 0.3 is 0 Å². The van der Waals surface area contributed by atoms with Gasteiger partial charge in [-0.05, 0) is 42.7 Å². The van der Waals surface area contributed by atoms with Crippen LogP contribution in [0.3, 0.4) is 0 Å². The molecule has 0 radical (unpaired) electrons. The molecule has 0 bridgehead atoms. The molecule has 2 aliphatic rings. The van der Waals surface area contributed by atoms with E-state index in [9.17, 15) is 4.39 Å². The van der Waals surface area contributed by atoms with Gasteiger partial charge in [0.2, 0.25) is 0 Å². The number of thioether (sulfide) groups is 1. The molecule has 0 saturated carbocycles. The van der Waals surface area contributed by atoms with Crippen LogP contribution in [0.1, 0.15) is 16.1 Å². The lowest BCUT2D eigenvalue weighted by Gasteiger charge is -2.12. The predicted octanol–water partition coefficient (Wildman–Crippen LogP) is 1.94. The van der Waals surface area contributed by atoms with Crippen LogP contribution in [0.15, 0.2) is 34.5 Å². The monoisotopic (exact) mass is 320 g/mol. The first-order valence-corrected chi connectivity index (χ1v) is 7.80. The predicted molar refractivity (Wildman–Crippen MR) is 80.5 cm³/mol. The Kier molecular flexibility index (Phi) is 2.89. The van der Waals surface area contributed by atoms with Crippen LogP contribution in [0.4, 0.5) is 4.39 Å². The van der Waals surface area contributed by atoms with Crippen LogP contribution in [0.5, 0.6) is 0 Å². The highest BCUT2D eigenvalue weighted by molar-refractivity contribution is 8.15. The summed E-state index contributed by atoms with van der Waals surface area (Å²) < 4.78 is 16.9. The smallest absolute Gasteiger partial charge is 0.192 e. The Morgan fingerprint density at radius 3 is 2.81 bits per heavy atom. The number of nitrogens with zero attached hydrogens (tertiary/aromatic N) is 5. The molecule has 4 rings (SSSR count). The van der Waals surface area contributed by atoms with E-state index in [0.717, 1.165) is 27.0 Å². The Bertz CT molecular complexity index is 753. The minimum absolute atomic E-state index is 0.0819. The Hall–Kier alpha value is -2.00. The Balaban J connectivity index is 1.66. The summed E-state index contributed by atoms with van der Waals surface area (Å²) >= 11 is 2.83. The van der Waals surface area contributed by atoms with Gasteiger partial charge in [0.05, 0.1) is 5.69 Å². The van der Waals surface area contributed by atoms with Crippen molar-refractivity contribution in [3.8, 4) is 0 Å². The first-order chi connectivity index (χ1) is 10.2. The molecule has 0 aliphatic carbocycles. The molecule has 21 heavy (non-hydrogen) atoms. The summed E-state index contributed by atoms with van der Waals surface area (Å²) in [6.45, 7) is 1.89. The SMILES string of the molecule is Cc1nnsc1C1=NNC2SC(c3ccc(F)cc3)=NN12. The number of hydrogen-bond acceptors (Lipinski definition) is 8. The van der Waals surface area contributed by atoms with Gasteiger partial charge in [-0.25, -0.2) is 9.40 Å². The van der Waals surface area contributed by atoms with E-state index in [4.69, 9.17) is 0 Å². The van der Waals surface area contributed by atoms with Gasteiger partial charge in [0.25, 0.3) is 0 Å². The van der Waals surface area contributed by atoms with E-state index >= 15 is 0 Å². The minimum Gasteiger partial charge on any atom is -0.274 e. The molecule has 1 unspecified atom stereocenters. The average molecular weight is 320 g/mol. The first kappa shape index (κ1) is 12.7. The minimum atomic E-state index is -0.255. The number of rotatable bonds is 2. The largest absolute Gasteiger partial charge is 0.274 e. The molecule has 2 aliphatic heterocycles. The summed E-state index contributed by atoms with van der Waals surface area (Å²) in [6, 6.07) is 6.31. The zero-order chi connectivity index (χ0) is 14.4. The van der Waals surface area contributed by atoms with Crippen LogP contribution in [0, 0.1) is 12.7 Å². The third-order valence-electron chi connectivity index (χ3n) is 3.09. The van der Waals surface area contributed by atoms with Crippen molar-refractivity contribution in [1.29, 1.82) is 0 Å². The van der Waals surface area contributed by atoms with Crippen molar-refractivity contribution in [3.63, 3.8) is 0 Å². The molecule has 3 heterocycles. The van der Waals surface area contributed by atoms with E-state index in [1.807, 2.05) is 11.9 Å². The van der Waals surface area contributed by atoms with Crippen LogP contribution in [-0.2, 0) is 0 Å². The highest BCUT2D eigenvalue weighted by atomic mass is 32.2. The molecule has 0 spiro atoms. The molecule has 2 aromatic rings. The van der Waals surface area contributed by atoms with Crippen molar-refractivity contribution >= 4 is 34.2 Å². The lowest BCUT2D eigenvalue weighted by molar-refractivity contribution is 0.426. The number of halogens is 1. The molecule has 1 N–H and O–H groups in total. The van der Waals surface area contributed by atoms with Crippen molar-refractivity contribution in [3.05, 3.63) is 46.2 Å². The van der Waals surface area contributed by atoms with Crippen LogP contribution in [0.2, 0.25) is 0 Å². The van der Waals surface area contributed by atoms with E-state index in [0.29, 0.717) is 0 Å². The maximum Gasteiger partial charge on any atom is 0.192 e. The van der Waals surface area contributed by atoms with Crippen molar-refractivity contribution in [2.24, 2.45) is 10.2 Å². The molecule has 0 amide bonds. The number of hydrazone groups is 2. The highest BCUT2D eigenvalue weighted by Gasteiger charge is 2.37. The summed E-state index contributed by atoms with van der Waals surface area (Å²) in [7, 11) is 0. The van der Waals surface area contributed by atoms with E-state index in [1.165, 1.54) is 35.4 Å². The third-order valence-corrected chi connectivity index (χ3v) is 4.98. The average Bonchev–Trinajstić information content (AvgIpc) is 3.15. The quantitative estimate of drug-likeness (QED) is 0.916. The summed E-state index contributed by atoms with van der Waals surface area (Å²) in [6.07, 6.45) is 0. The molecule has 1 atom stereocenters. The summed E-state index contributed by atoms with van der Waals surface area (Å²) in [5, 5.41) is 15.5. The van der Waals surface area contributed by atoms with E-state index < -0.39 is 0 Å². The topological polar surface area (TPSA) is 65.8 Å². The third kappa shape index (κ3) is 2.09. The number of aryl methyl sites for hydroxylation is 1. The molecule has 1 aromatic heterocycles. The number of benzene rings is 1. The molecular formula is C12H9FN6S2. The zero-order valence-electron chi connectivity index (χ0n) is 10.8. The Morgan fingerprint density at radius 1 is 1.29 bits per heavy atom. The van der Waals surface area contributed by atoms with E-state index in [2.05, 4.69) is 25.2 Å². The molecule has 6 nitrogen and oxygen atoms in total. The van der Waals surface area contributed by atoms with Crippen molar-refractivity contribution in [2.75, 3.05) is 0 Å². The number of amidine groups is 1. The number of hydrogen-bond donors (Lipinski definition) is 1. The fourth-order valence-corrected chi connectivity index (χ4v) is 3.66. The second kappa shape index (κ2) is 4.78. The van der Waals surface area contributed by atoms with E-state index in [-0.39, 0.29) is 11.3 Å². The van der Waals surface area contributed by atoms with Crippen molar-refractivity contribution < 1.29 is 4.39 Å². The number of nitrogens with one attached hydrogen (secondary N) is 1. The zero-order valence-corrected chi connectivity index (χ0v) is 12.5. The fraction of sp³-hybridized carbons (Fsp3) is 0.167. The molecule has 0 fully saturated rings. The maximum atomic E-state index is 13.0. The van der Waals surface area contributed by atoms with Crippen molar-refractivity contribution in [1.82, 2.24) is 20.0 Å². The Morgan fingerprint density at radius 2 is 2.10 bits per heavy atom. The molecular weight excluding hydrogens is 311 g/mol. The van der Waals surface area contributed by atoms with Gasteiger partial charge in [-0.1, -0.05) is 16.3 Å². The number of aromatic nitrogens is 2. The molecule has 1 aromatic carbocycles. The number of fused-ring (bicyclic) bond motifs is 1. The van der Waals surface area contributed by atoms with Gasteiger partial charge in [0.1, 0.15) is 15.7 Å². The summed E-state index contributed by atoms with van der Waals surface area (Å²) in [4.78, 5) is 0.898. The van der Waals surface area contributed by atoms with Gasteiger partial charge in [-0.15, -0.1) is 5.10 Å². The van der Waals surface area contributed by atoms with Gasteiger partial charge in [0, 0.05) is 5.56 Å². The second-order valence-corrected chi connectivity index (χ2v) is 6.30. The highest BCUT2D eigenvalue weighted by Crippen LogP contribution is 2.33. The van der Waals surface area contributed by atoms with Gasteiger partial charge < -0.3 is 0 Å². The Labute approximate surface area is 127 Å². The van der Waals surface area contributed by atoms with Gasteiger partial charge in [0.15, 0.2) is 11.3 Å². The van der Waals surface area contributed by atoms with E-state index in [1.54, 1.807) is 12.1 Å². The van der Waals surface area contributed by atoms with Gasteiger partial charge in [-0.3, -0.25) is 5.43 Å². The maximum absolute atomic E-state index is 13.0. The molecule has 9 heteroatoms. The lowest BCUT2D eigenvalue weighted by atomic mass is 10.2. The molecule has 106 valence electrons. The fourth-order valence-electron chi connectivity index (χ4n) is 2.05. The van der Waals surface area contributed by atoms with Crippen LogP contribution < -0.4 is 5.43 Å². The standard InChI is InChI=1S/C12H9FN6S2/c1-6-9(21-18-14-6)10-15-16-12-19(10)17-11(20-12)7-2-4-8(13)5-3-7/h2-5,12,16H,1H3. The summed E-state index contributed by atoms with van der Waals surface area (Å²) in [5.41, 5.74) is 4.67. The van der Waals surface area contributed by atoms with Crippen molar-refractivity contribution in [2.45, 2.75) is 12.4 Å². The normalized spacial score (nSPS) is 20.1. The van der Waals surface area contributed by atoms with Crippen LogP contribution >= 0.6 is 23.3 Å². The van der Waals surface area contributed by atoms with Crippen LogP contribution in [-0.4, -0.2) is 31.0 Å². The first-order valence-electron chi connectivity index (χ1n) is 6.15.